The Morgan fingerprint density at radius 2 is 2.22 bits per heavy atom. The Kier molecular flexibility index (Phi) is 7.85. The van der Waals surface area contributed by atoms with Gasteiger partial charge in [-0.15, -0.1) is 0 Å². The van der Waals surface area contributed by atoms with Crippen molar-refractivity contribution in [3.8, 4) is 0 Å². The topological polar surface area (TPSA) is 29.5 Å². The molecule has 0 bridgehead atoms. The summed E-state index contributed by atoms with van der Waals surface area (Å²) in [6.07, 6.45) is 3.78. The summed E-state index contributed by atoms with van der Waals surface area (Å²) in [6, 6.07) is 0. The molecule has 0 saturated carbocycles. The molecule has 2 nitrogen and oxygen atoms in total. The predicted octanol–water partition coefficient (Wildman–Crippen LogP) is 1.000. The summed E-state index contributed by atoms with van der Waals surface area (Å²) in [7, 11) is 0. The predicted molar refractivity (Wildman–Crippen MR) is 37.1 cm³/mol. The van der Waals surface area contributed by atoms with Gasteiger partial charge in [0, 0.05) is 19.8 Å². The lowest BCUT2D eigenvalue weighted by atomic mass is 10.3. The molecule has 0 unspecified atom stereocenters. The van der Waals surface area contributed by atoms with Crippen LogP contribution in [0.1, 0.15) is 19.8 Å². The van der Waals surface area contributed by atoms with E-state index in [4.69, 9.17) is 9.84 Å². The summed E-state index contributed by atoms with van der Waals surface area (Å²) in [5, 5.41) is 8.36. The van der Waals surface area contributed by atoms with Crippen LogP contribution in [-0.4, -0.2) is 24.9 Å². The van der Waals surface area contributed by atoms with Gasteiger partial charge in [-0.2, -0.15) is 0 Å². The molecule has 0 saturated heterocycles. The lowest BCUT2D eigenvalue weighted by Crippen LogP contribution is -1.96. The number of aliphatic hydroxyl groups excluding tert-OH is 1. The highest BCUT2D eigenvalue weighted by molar-refractivity contribution is 4.50. The molecule has 0 atom stereocenters. The zero-order valence-corrected chi connectivity index (χ0v) is 5.97. The van der Waals surface area contributed by atoms with Crippen LogP contribution in [0, 0.1) is 6.42 Å². The molecule has 9 heavy (non-hydrogen) atoms. The maximum atomic E-state index is 8.36. The zero-order chi connectivity index (χ0) is 6.95. The van der Waals surface area contributed by atoms with Crippen LogP contribution in [0.15, 0.2) is 0 Å². The van der Waals surface area contributed by atoms with Gasteiger partial charge >= 0.3 is 0 Å². The fraction of sp³-hybridized carbons (Fsp3) is 0.857. The van der Waals surface area contributed by atoms with Crippen LogP contribution in [0.5, 0.6) is 0 Å². The highest BCUT2D eigenvalue weighted by Crippen LogP contribution is 1.88. The fourth-order valence-electron chi connectivity index (χ4n) is 0.517. The van der Waals surface area contributed by atoms with Crippen LogP contribution in [0.25, 0.3) is 0 Å². The number of hydrogen-bond acceptors (Lipinski definition) is 2. The summed E-state index contributed by atoms with van der Waals surface area (Å²) in [5.41, 5.74) is 0. The molecule has 0 rings (SSSR count). The van der Waals surface area contributed by atoms with Gasteiger partial charge in [0.2, 0.25) is 0 Å². The Morgan fingerprint density at radius 3 is 2.78 bits per heavy atom. The van der Waals surface area contributed by atoms with E-state index in [0.29, 0.717) is 0 Å². The Balaban J connectivity index is 2.60. The molecule has 0 aromatic heterocycles. The second kappa shape index (κ2) is 7.92. The van der Waals surface area contributed by atoms with Crippen molar-refractivity contribution >= 4 is 0 Å². The lowest BCUT2D eigenvalue weighted by molar-refractivity contribution is 0.143. The monoisotopic (exact) mass is 131 g/mol. The molecule has 0 aliphatic rings. The third-order valence-corrected chi connectivity index (χ3v) is 0.981. The first-order valence-corrected chi connectivity index (χ1v) is 3.38. The van der Waals surface area contributed by atoms with Crippen LogP contribution in [-0.2, 0) is 4.74 Å². The van der Waals surface area contributed by atoms with Crippen molar-refractivity contribution in [2.75, 3.05) is 19.8 Å². The molecule has 0 heterocycles. The molecule has 0 spiro atoms. The zero-order valence-electron chi connectivity index (χ0n) is 5.97. The number of unbranched alkanes of at least 4 members (excludes halogenated alkanes) is 1. The van der Waals surface area contributed by atoms with Gasteiger partial charge in [-0.1, -0.05) is 6.92 Å². The van der Waals surface area contributed by atoms with Crippen LogP contribution < -0.4 is 0 Å². The molecule has 0 aromatic carbocycles. The van der Waals surface area contributed by atoms with Gasteiger partial charge < -0.3 is 9.84 Å². The summed E-state index contributed by atoms with van der Waals surface area (Å²) in [4.78, 5) is 0. The Hall–Kier alpha value is -0.0800. The molecule has 2 heteroatoms. The van der Waals surface area contributed by atoms with Gasteiger partial charge in [0.05, 0.1) is 0 Å². The van der Waals surface area contributed by atoms with Crippen molar-refractivity contribution in [1.29, 1.82) is 0 Å². The Morgan fingerprint density at radius 1 is 1.44 bits per heavy atom. The Labute approximate surface area is 56.8 Å². The molecule has 0 fully saturated rings. The molecular weight excluding hydrogens is 116 g/mol. The van der Waals surface area contributed by atoms with Crippen LogP contribution in [0.2, 0.25) is 0 Å². The maximum Gasteiger partial charge on any atom is 0.0495 e. The van der Waals surface area contributed by atoms with Gasteiger partial charge in [0.1, 0.15) is 0 Å². The van der Waals surface area contributed by atoms with E-state index < -0.39 is 0 Å². The fourth-order valence-corrected chi connectivity index (χ4v) is 0.517. The third kappa shape index (κ3) is 7.92. The summed E-state index contributed by atoms with van der Waals surface area (Å²) in [6.45, 7) is 3.74. The lowest BCUT2D eigenvalue weighted by Gasteiger charge is -1.98. The molecule has 0 aromatic rings. The standard InChI is InChI=1S/C7H15O2/c1-2-6-9-7-4-3-5-8/h2,8H,3-7H2,1H3. The van der Waals surface area contributed by atoms with Gasteiger partial charge in [0.25, 0.3) is 0 Å². The van der Waals surface area contributed by atoms with Crippen LogP contribution in [0.3, 0.4) is 0 Å². The minimum atomic E-state index is 0.277. The van der Waals surface area contributed by atoms with Crippen molar-refractivity contribution in [1.82, 2.24) is 0 Å². The molecule has 1 radical (unpaired) electrons. The SMILES string of the molecule is C[CH]COCCCCO. The van der Waals surface area contributed by atoms with Crippen molar-refractivity contribution in [3.63, 3.8) is 0 Å². The van der Waals surface area contributed by atoms with Crippen molar-refractivity contribution in [3.05, 3.63) is 6.42 Å². The van der Waals surface area contributed by atoms with Crippen molar-refractivity contribution < 1.29 is 9.84 Å². The van der Waals surface area contributed by atoms with Crippen molar-refractivity contribution in [2.45, 2.75) is 19.8 Å². The third-order valence-electron chi connectivity index (χ3n) is 0.981. The first-order valence-electron chi connectivity index (χ1n) is 3.38. The van der Waals surface area contributed by atoms with Gasteiger partial charge in [-0.25, -0.2) is 0 Å². The van der Waals surface area contributed by atoms with E-state index in [0.717, 1.165) is 26.1 Å². The normalized spacial score (nSPS) is 10.0. The average molecular weight is 131 g/mol. The van der Waals surface area contributed by atoms with Crippen LogP contribution in [0.4, 0.5) is 0 Å². The first kappa shape index (κ1) is 8.92. The largest absolute Gasteiger partial charge is 0.396 e. The van der Waals surface area contributed by atoms with Crippen molar-refractivity contribution in [2.24, 2.45) is 0 Å². The molecule has 0 aliphatic carbocycles. The van der Waals surface area contributed by atoms with E-state index in [1.165, 1.54) is 0 Å². The molecule has 0 aliphatic heterocycles. The van der Waals surface area contributed by atoms with E-state index in [1.807, 2.05) is 13.3 Å². The second-order valence-corrected chi connectivity index (χ2v) is 1.91. The molecular formula is C7H15O2. The van der Waals surface area contributed by atoms with E-state index in [9.17, 15) is 0 Å². The van der Waals surface area contributed by atoms with E-state index in [2.05, 4.69) is 0 Å². The number of aliphatic hydroxyl groups is 1. The Bertz CT molecular complexity index is 40.2. The number of rotatable bonds is 6. The maximum absolute atomic E-state index is 8.36. The highest BCUT2D eigenvalue weighted by Gasteiger charge is 1.85. The van der Waals surface area contributed by atoms with Gasteiger partial charge in [-0.3, -0.25) is 0 Å². The first-order chi connectivity index (χ1) is 4.41. The summed E-state index contributed by atoms with van der Waals surface area (Å²) >= 11 is 0. The van der Waals surface area contributed by atoms with E-state index in [1.54, 1.807) is 0 Å². The second-order valence-electron chi connectivity index (χ2n) is 1.91. The smallest absolute Gasteiger partial charge is 0.0495 e. The molecule has 0 amide bonds. The van der Waals surface area contributed by atoms with Gasteiger partial charge in [-0.05, 0) is 19.3 Å². The van der Waals surface area contributed by atoms with Crippen LogP contribution >= 0.6 is 0 Å². The summed E-state index contributed by atoms with van der Waals surface area (Å²) in [5.74, 6) is 0. The van der Waals surface area contributed by atoms with Gasteiger partial charge in [0.15, 0.2) is 0 Å². The van der Waals surface area contributed by atoms with E-state index in [-0.39, 0.29) is 6.61 Å². The number of ether oxygens (including phenoxy) is 1. The van der Waals surface area contributed by atoms with E-state index >= 15 is 0 Å². The summed E-state index contributed by atoms with van der Waals surface area (Å²) < 4.78 is 5.12. The quantitative estimate of drug-likeness (QED) is 0.545. The molecule has 55 valence electrons. The minimum absolute atomic E-state index is 0.277. The molecule has 1 N–H and O–H groups in total. The minimum Gasteiger partial charge on any atom is -0.396 e. The number of hydrogen-bond donors (Lipinski definition) is 1. The average Bonchev–Trinajstić information content (AvgIpc) is 1.89. The highest BCUT2D eigenvalue weighted by atomic mass is 16.5.